The largest absolute Gasteiger partial charge is 0.394 e. The van der Waals surface area contributed by atoms with Crippen LogP contribution >= 0.6 is 0 Å². The first-order valence-corrected chi connectivity index (χ1v) is 20.1. The van der Waals surface area contributed by atoms with Crippen molar-refractivity contribution in [2.75, 3.05) is 6.61 Å². The van der Waals surface area contributed by atoms with Crippen molar-refractivity contribution in [1.82, 2.24) is 5.32 Å². The van der Waals surface area contributed by atoms with Crippen LogP contribution in [0.5, 0.6) is 0 Å². The standard InChI is InChI=1S/C41H79NO4/c1-3-5-7-9-11-13-15-16-17-18-19-20-21-22-23-24-25-26-28-30-32-34-38(44)36-41(46)42-39(37-43)40(45)35-33-31-29-27-14-12-10-8-6-4-2/h22-23,33,35,38-40,43-45H,3-21,24-32,34,36-37H2,1-2H3,(H,42,46)/b23-22-,35-33+. The molecule has 0 spiro atoms. The smallest absolute Gasteiger partial charge is 0.222 e. The van der Waals surface area contributed by atoms with Gasteiger partial charge in [0, 0.05) is 0 Å². The Balaban J connectivity index is 3.65. The summed E-state index contributed by atoms with van der Waals surface area (Å²) in [5.74, 6) is -0.322. The molecule has 3 unspecified atom stereocenters. The fraction of sp³-hybridized carbons (Fsp3) is 0.878. The fourth-order valence-electron chi connectivity index (χ4n) is 6.10. The highest BCUT2D eigenvalue weighted by atomic mass is 16.3. The third-order valence-electron chi connectivity index (χ3n) is 9.23. The summed E-state index contributed by atoms with van der Waals surface area (Å²) in [6.07, 6.45) is 43.2. The van der Waals surface area contributed by atoms with Gasteiger partial charge in [-0.1, -0.05) is 179 Å². The van der Waals surface area contributed by atoms with Crippen LogP contribution in [-0.4, -0.2) is 46.1 Å². The van der Waals surface area contributed by atoms with E-state index in [-0.39, 0.29) is 18.9 Å². The minimum Gasteiger partial charge on any atom is -0.394 e. The molecule has 0 radical (unpaired) electrons. The minimum atomic E-state index is -0.927. The molecule has 0 aromatic carbocycles. The maximum absolute atomic E-state index is 12.4. The molecule has 0 bridgehead atoms. The molecule has 46 heavy (non-hydrogen) atoms. The normalized spacial score (nSPS) is 13.9. The number of aliphatic hydroxyl groups excluding tert-OH is 3. The predicted molar refractivity (Wildman–Crippen MR) is 199 cm³/mol. The van der Waals surface area contributed by atoms with Crippen molar-refractivity contribution in [3.8, 4) is 0 Å². The van der Waals surface area contributed by atoms with Crippen LogP contribution in [-0.2, 0) is 4.79 Å². The van der Waals surface area contributed by atoms with E-state index in [2.05, 4.69) is 31.3 Å². The number of hydrogen-bond donors (Lipinski definition) is 4. The van der Waals surface area contributed by atoms with E-state index in [0.29, 0.717) is 6.42 Å². The molecular weight excluding hydrogens is 570 g/mol. The SMILES string of the molecule is CCCCCCCCCC/C=C/C(O)C(CO)NC(=O)CC(O)CCCCCCC/C=C\CCCCCCCCCCCCCC. The van der Waals surface area contributed by atoms with Crippen molar-refractivity contribution in [2.24, 2.45) is 0 Å². The lowest BCUT2D eigenvalue weighted by atomic mass is 10.0. The first-order valence-electron chi connectivity index (χ1n) is 20.1. The number of rotatable bonds is 36. The molecule has 0 saturated carbocycles. The Morgan fingerprint density at radius 1 is 0.543 bits per heavy atom. The van der Waals surface area contributed by atoms with Crippen molar-refractivity contribution >= 4 is 5.91 Å². The van der Waals surface area contributed by atoms with Gasteiger partial charge in [-0.25, -0.2) is 0 Å². The number of nitrogens with one attached hydrogen (secondary N) is 1. The predicted octanol–water partition coefficient (Wildman–Crippen LogP) is 11.0. The summed E-state index contributed by atoms with van der Waals surface area (Å²) in [6.45, 7) is 4.18. The average Bonchev–Trinajstić information content (AvgIpc) is 3.05. The van der Waals surface area contributed by atoms with E-state index in [1.807, 2.05) is 6.08 Å². The van der Waals surface area contributed by atoms with E-state index in [0.717, 1.165) is 38.5 Å². The lowest BCUT2D eigenvalue weighted by Gasteiger charge is -2.21. The second-order valence-corrected chi connectivity index (χ2v) is 13.9. The number of aliphatic hydroxyl groups is 3. The summed E-state index contributed by atoms with van der Waals surface area (Å²) in [5.41, 5.74) is 0. The van der Waals surface area contributed by atoms with Crippen LogP contribution in [0, 0.1) is 0 Å². The van der Waals surface area contributed by atoms with Crippen molar-refractivity contribution in [3.63, 3.8) is 0 Å². The van der Waals surface area contributed by atoms with Crippen LogP contribution in [0.4, 0.5) is 0 Å². The third kappa shape index (κ3) is 32.8. The Bertz CT molecular complexity index is 679. The molecule has 5 heteroatoms. The van der Waals surface area contributed by atoms with Crippen LogP contribution in [0.1, 0.15) is 206 Å². The fourth-order valence-corrected chi connectivity index (χ4v) is 6.10. The first-order chi connectivity index (χ1) is 22.5. The van der Waals surface area contributed by atoms with Crippen molar-refractivity contribution < 1.29 is 20.1 Å². The summed E-state index contributed by atoms with van der Waals surface area (Å²) in [5, 5.41) is 33.0. The van der Waals surface area contributed by atoms with Gasteiger partial charge in [-0.2, -0.15) is 0 Å². The van der Waals surface area contributed by atoms with Gasteiger partial charge in [0.25, 0.3) is 0 Å². The van der Waals surface area contributed by atoms with E-state index in [4.69, 9.17) is 0 Å². The molecule has 0 rings (SSSR count). The summed E-state index contributed by atoms with van der Waals surface area (Å²) in [4.78, 5) is 12.4. The molecule has 5 nitrogen and oxygen atoms in total. The zero-order chi connectivity index (χ0) is 33.8. The monoisotopic (exact) mass is 650 g/mol. The van der Waals surface area contributed by atoms with Gasteiger partial charge in [0.15, 0.2) is 0 Å². The Morgan fingerprint density at radius 2 is 0.913 bits per heavy atom. The zero-order valence-corrected chi connectivity index (χ0v) is 30.7. The quantitative estimate of drug-likeness (QED) is 0.0401. The summed E-state index contributed by atoms with van der Waals surface area (Å²) in [6, 6.07) is -0.742. The van der Waals surface area contributed by atoms with E-state index in [9.17, 15) is 20.1 Å². The zero-order valence-electron chi connectivity index (χ0n) is 30.7. The first kappa shape index (κ1) is 44.8. The molecule has 0 aromatic rings. The van der Waals surface area contributed by atoms with E-state index >= 15 is 0 Å². The van der Waals surface area contributed by atoms with Crippen LogP contribution in [0.3, 0.4) is 0 Å². The molecule has 0 aliphatic carbocycles. The van der Waals surface area contributed by atoms with Crippen molar-refractivity contribution in [2.45, 2.75) is 225 Å². The molecule has 0 aliphatic rings. The number of allylic oxidation sites excluding steroid dienone is 3. The molecule has 0 aromatic heterocycles. The van der Waals surface area contributed by atoms with Gasteiger partial charge < -0.3 is 20.6 Å². The van der Waals surface area contributed by atoms with Crippen LogP contribution in [0.25, 0.3) is 0 Å². The van der Waals surface area contributed by atoms with E-state index < -0.39 is 18.2 Å². The van der Waals surface area contributed by atoms with Crippen LogP contribution in [0.15, 0.2) is 24.3 Å². The van der Waals surface area contributed by atoms with E-state index in [1.54, 1.807) is 6.08 Å². The average molecular weight is 650 g/mol. The molecule has 0 aliphatic heterocycles. The van der Waals surface area contributed by atoms with Gasteiger partial charge >= 0.3 is 0 Å². The number of hydrogen-bond acceptors (Lipinski definition) is 4. The van der Waals surface area contributed by atoms with Crippen molar-refractivity contribution in [1.29, 1.82) is 0 Å². The van der Waals surface area contributed by atoms with Gasteiger partial charge in [-0.15, -0.1) is 0 Å². The lowest BCUT2D eigenvalue weighted by Crippen LogP contribution is -2.45. The Kier molecular flexibility index (Phi) is 35.7. The summed E-state index contributed by atoms with van der Waals surface area (Å²) >= 11 is 0. The number of carbonyl (C=O) groups excluding carboxylic acids is 1. The second kappa shape index (κ2) is 36.7. The van der Waals surface area contributed by atoms with Gasteiger partial charge in [0.1, 0.15) is 0 Å². The second-order valence-electron chi connectivity index (χ2n) is 13.9. The van der Waals surface area contributed by atoms with Crippen LogP contribution < -0.4 is 5.32 Å². The lowest BCUT2D eigenvalue weighted by molar-refractivity contribution is -0.124. The van der Waals surface area contributed by atoms with Gasteiger partial charge in [-0.05, 0) is 44.9 Å². The molecule has 0 fully saturated rings. The number of carbonyl (C=O) groups is 1. The van der Waals surface area contributed by atoms with E-state index in [1.165, 1.54) is 141 Å². The summed E-state index contributed by atoms with van der Waals surface area (Å²) < 4.78 is 0. The molecule has 1 amide bonds. The molecule has 0 heterocycles. The third-order valence-corrected chi connectivity index (χ3v) is 9.23. The van der Waals surface area contributed by atoms with Gasteiger partial charge in [0.2, 0.25) is 5.91 Å². The highest BCUT2D eigenvalue weighted by Gasteiger charge is 2.20. The van der Waals surface area contributed by atoms with Gasteiger partial charge in [-0.3, -0.25) is 4.79 Å². The van der Waals surface area contributed by atoms with Crippen LogP contribution in [0.2, 0.25) is 0 Å². The maximum atomic E-state index is 12.4. The number of amides is 1. The molecular formula is C41H79NO4. The molecule has 4 N–H and O–H groups in total. The minimum absolute atomic E-state index is 0.00911. The highest BCUT2D eigenvalue weighted by molar-refractivity contribution is 5.76. The Hall–Kier alpha value is -1.17. The molecule has 272 valence electrons. The van der Waals surface area contributed by atoms with Gasteiger partial charge in [0.05, 0.1) is 31.3 Å². The highest BCUT2D eigenvalue weighted by Crippen LogP contribution is 2.14. The van der Waals surface area contributed by atoms with Crippen molar-refractivity contribution in [3.05, 3.63) is 24.3 Å². The topological polar surface area (TPSA) is 89.8 Å². The maximum Gasteiger partial charge on any atom is 0.222 e. The Morgan fingerprint density at radius 3 is 1.33 bits per heavy atom. The molecule has 3 atom stereocenters. The molecule has 0 saturated heterocycles. The Labute approximate surface area is 286 Å². The summed E-state index contributed by atoms with van der Waals surface area (Å²) in [7, 11) is 0. The number of unbranched alkanes of at least 4 members (excludes halogenated alkanes) is 25.